The van der Waals surface area contributed by atoms with Gasteiger partial charge in [0.15, 0.2) is 5.76 Å². The quantitative estimate of drug-likeness (QED) is 0.172. The van der Waals surface area contributed by atoms with E-state index in [2.05, 4.69) is 20.9 Å². The van der Waals surface area contributed by atoms with E-state index in [1.165, 1.54) is 24.3 Å². The molecular weight excluding hydrogens is 558 g/mol. The van der Waals surface area contributed by atoms with Crippen molar-refractivity contribution < 1.29 is 28.3 Å². The van der Waals surface area contributed by atoms with Crippen LogP contribution in [0.1, 0.15) is 22.5 Å². The molecule has 218 valence electrons. The standard InChI is InChI=1S/C30H31N5O6S/c1-40-29(38)24(15-18-17-31-22-10-4-3-9-21(18)22)33-27(36)26-23(12-13-35(26)28(37)25-11-6-14-41-25)34-30(39)32-19-7-5-8-20(16-19)42-2/h3-11,14,16-17,23-24,26,31H,12-13,15H2,1-2H3,(H,33,36)(H2,32,34,39). The number of furan rings is 1. The topological polar surface area (TPSA) is 146 Å². The van der Waals surface area contributed by atoms with E-state index in [0.717, 1.165) is 21.4 Å². The van der Waals surface area contributed by atoms with Crippen molar-refractivity contribution in [3.05, 3.63) is 84.4 Å². The van der Waals surface area contributed by atoms with Crippen molar-refractivity contribution in [2.45, 2.75) is 35.9 Å². The molecule has 12 heteroatoms. The summed E-state index contributed by atoms with van der Waals surface area (Å²) in [5.41, 5.74) is 2.30. The number of urea groups is 1. The van der Waals surface area contributed by atoms with Gasteiger partial charge in [0.1, 0.15) is 12.1 Å². The Morgan fingerprint density at radius 3 is 2.71 bits per heavy atom. The number of carbonyl (C=O) groups excluding carboxylic acids is 4. The molecule has 2 aromatic heterocycles. The van der Waals surface area contributed by atoms with E-state index >= 15 is 0 Å². The van der Waals surface area contributed by atoms with Crippen LogP contribution in [-0.4, -0.2) is 71.7 Å². The SMILES string of the molecule is COC(=O)C(Cc1c[nH]c2ccccc12)NC(=O)C1C(NC(=O)Nc2cccc(SC)c2)CCN1C(=O)c1ccco1. The van der Waals surface area contributed by atoms with Gasteiger partial charge in [-0.15, -0.1) is 11.8 Å². The van der Waals surface area contributed by atoms with Crippen LogP contribution in [0.4, 0.5) is 10.5 Å². The third kappa shape index (κ3) is 6.28. The Morgan fingerprint density at radius 1 is 1.12 bits per heavy atom. The number of para-hydroxylation sites is 1. The summed E-state index contributed by atoms with van der Waals surface area (Å²) in [7, 11) is 1.25. The lowest BCUT2D eigenvalue weighted by Crippen LogP contribution is -2.58. The summed E-state index contributed by atoms with van der Waals surface area (Å²) in [5, 5.41) is 9.34. The highest BCUT2D eigenvalue weighted by Crippen LogP contribution is 2.24. The van der Waals surface area contributed by atoms with Crippen molar-refractivity contribution >= 4 is 52.2 Å². The number of hydrogen-bond acceptors (Lipinski definition) is 7. The van der Waals surface area contributed by atoms with Gasteiger partial charge < -0.3 is 35.0 Å². The molecule has 11 nitrogen and oxygen atoms in total. The van der Waals surface area contributed by atoms with Crippen LogP contribution in [-0.2, 0) is 20.7 Å². The Labute approximate surface area is 246 Å². The monoisotopic (exact) mass is 589 g/mol. The van der Waals surface area contributed by atoms with Crippen LogP contribution in [0.25, 0.3) is 10.9 Å². The first-order valence-electron chi connectivity index (χ1n) is 13.4. The summed E-state index contributed by atoms with van der Waals surface area (Å²) < 4.78 is 10.3. The van der Waals surface area contributed by atoms with Crippen LogP contribution >= 0.6 is 11.8 Å². The number of anilines is 1. The Kier molecular flexibility index (Phi) is 8.82. The van der Waals surface area contributed by atoms with Gasteiger partial charge in [-0.05, 0) is 54.6 Å². The Morgan fingerprint density at radius 2 is 1.95 bits per heavy atom. The number of ether oxygens (including phenoxy) is 1. The summed E-state index contributed by atoms with van der Waals surface area (Å²) in [4.78, 5) is 58.5. The van der Waals surface area contributed by atoms with Crippen molar-refractivity contribution in [1.29, 1.82) is 0 Å². The summed E-state index contributed by atoms with van der Waals surface area (Å²) >= 11 is 1.54. The second kappa shape index (κ2) is 12.9. The fraction of sp³-hybridized carbons (Fsp3) is 0.267. The van der Waals surface area contributed by atoms with Crippen LogP contribution in [0.15, 0.2) is 82.4 Å². The van der Waals surface area contributed by atoms with E-state index in [0.29, 0.717) is 12.1 Å². The van der Waals surface area contributed by atoms with E-state index < -0.39 is 41.9 Å². The molecule has 2 aromatic carbocycles. The number of esters is 1. The average molecular weight is 590 g/mol. The van der Waals surface area contributed by atoms with E-state index in [1.807, 2.05) is 48.7 Å². The first kappa shape index (κ1) is 28.8. The highest BCUT2D eigenvalue weighted by molar-refractivity contribution is 7.98. The average Bonchev–Trinajstić information content (AvgIpc) is 3.77. The molecule has 3 heterocycles. The molecule has 0 radical (unpaired) electrons. The van der Waals surface area contributed by atoms with E-state index in [1.54, 1.807) is 30.1 Å². The van der Waals surface area contributed by atoms with Gasteiger partial charge in [0.25, 0.3) is 5.91 Å². The maximum Gasteiger partial charge on any atom is 0.328 e. The summed E-state index contributed by atoms with van der Waals surface area (Å²) in [6, 6.07) is 14.7. The number of aromatic nitrogens is 1. The molecule has 4 N–H and O–H groups in total. The number of nitrogens with one attached hydrogen (secondary N) is 4. The van der Waals surface area contributed by atoms with E-state index in [9.17, 15) is 19.2 Å². The molecule has 0 saturated carbocycles. The van der Waals surface area contributed by atoms with Crippen molar-refractivity contribution in [3.63, 3.8) is 0 Å². The van der Waals surface area contributed by atoms with Gasteiger partial charge in [0.05, 0.1) is 19.4 Å². The third-order valence-electron chi connectivity index (χ3n) is 7.20. The van der Waals surface area contributed by atoms with Crippen molar-refractivity contribution in [1.82, 2.24) is 20.5 Å². The van der Waals surface area contributed by atoms with Gasteiger partial charge in [-0.2, -0.15) is 0 Å². The van der Waals surface area contributed by atoms with Crippen molar-refractivity contribution in [3.8, 4) is 0 Å². The van der Waals surface area contributed by atoms with Gasteiger partial charge in [0, 0.05) is 40.6 Å². The maximum absolute atomic E-state index is 13.9. The Balaban J connectivity index is 1.37. The number of hydrogen-bond donors (Lipinski definition) is 4. The molecular formula is C30H31N5O6S. The molecule has 5 rings (SSSR count). The number of aromatic amines is 1. The Bertz CT molecular complexity index is 1590. The van der Waals surface area contributed by atoms with Crippen LogP contribution in [0.5, 0.6) is 0 Å². The zero-order valence-electron chi connectivity index (χ0n) is 23.1. The van der Waals surface area contributed by atoms with E-state index in [-0.39, 0.29) is 18.7 Å². The zero-order valence-corrected chi connectivity index (χ0v) is 23.9. The number of nitrogens with zero attached hydrogens (tertiary/aromatic N) is 1. The van der Waals surface area contributed by atoms with Crippen LogP contribution < -0.4 is 16.0 Å². The molecule has 3 atom stereocenters. The molecule has 42 heavy (non-hydrogen) atoms. The minimum Gasteiger partial charge on any atom is -0.467 e. The number of methoxy groups -OCH3 is 1. The highest BCUT2D eigenvalue weighted by Gasteiger charge is 2.44. The number of amides is 4. The minimum absolute atomic E-state index is 0.0649. The lowest BCUT2D eigenvalue weighted by atomic mass is 10.0. The summed E-state index contributed by atoms with van der Waals surface area (Å²) in [6.45, 7) is 0.190. The number of thioether (sulfide) groups is 1. The second-order valence-electron chi connectivity index (χ2n) is 9.79. The highest BCUT2D eigenvalue weighted by atomic mass is 32.2. The molecule has 1 aliphatic rings. The number of fused-ring (bicyclic) bond motifs is 1. The maximum atomic E-state index is 13.9. The molecule has 3 unspecified atom stereocenters. The zero-order chi connectivity index (χ0) is 29.6. The van der Waals surface area contributed by atoms with Gasteiger partial charge in [-0.3, -0.25) is 9.59 Å². The Hall–Kier alpha value is -4.71. The predicted octanol–water partition coefficient (Wildman–Crippen LogP) is 3.79. The van der Waals surface area contributed by atoms with Crippen LogP contribution in [0.2, 0.25) is 0 Å². The molecule has 0 aliphatic carbocycles. The molecule has 0 spiro atoms. The number of carbonyl (C=O) groups is 4. The van der Waals surface area contributed by atoms with E-state index in [4.69, 9.17) is 9.15 Å². The fourth-order valence-electron chi connectivity index (χ4n) is 5.19. The molecule has 0 bridgehead atoms. The number of benzene rings is 2. The fourth-order valence-corrected chi connectivity index (χ4v) is 5.65. The predicted molar refractivity (Wildman–Crippen MR) is 158 cm³/mol. The number of H-pyrrole nitrogens is 1. The number of rotatable bonds is 9. The molecule has 1 fully saturated rings. The molecule has 4 aromatic rings. The van der Waals surface area contributed by atoms with Gasteiger partial charge >= 0.3 is 12.0 Å². The van der Waals surface area contributed by atoms with Crippen molar-refractivity contribution in [2.75, 3.05) is 25.2 Å². The van der Waals surface area contributed by atoms with Gasteiger partial charge in [-0.25, -0.2) is 9.59 Å². The minimum atomic E-state index is -1.11. The summed E-state index contributed by atoms with van der Waals surface area (Å²) in [6.07, 6.45) is 5.57. The number of likely N-dealkylation sites (tertiary alicyclic amines) is 1. The lowest BCUT2D eigenvalue weighted by Gasteiger charge is -2.28. The van der Waals surface area contributed by atoms with Gasteiger partial charge in [0.2, 0.25) is 5.91 Å². The lowest BCUT2D eigenvalue weighted by molar-refractivity contribution is -0.145. The van der Waals surface area contributed by atoms with Crippen LogP contribution in [0.3, 0.4) is 0 Å². The molecule has 1 aliphatic heterocycles. The first-order chi connectivity index (χ1) is 20.4. The van der Waals surface area contributed by atoms with Crippen molar-refractivity contribution in [2.24, 2.45) is 0 Å². The smallest absolute Gasteiger partial charge is 0.328 e. The molecule has 4 amide bonds. The van der Waals surface area contributed by atoms with Gasteiger partial charge in [-0.1, -0.05) is 24.3 Å². The van der Waals surface area contributed by atoms with Crippen LogP contribution in [0, 0.1) is 0 Å². The second-order valence-corrected chi connectivity index (χ2v) is 10.7. The third-order valence-corrected chi connectivity index (χ3v) is 7.93. The molecule has 1 saturated heterocycles. The first-order valence-corrected chi connectivity index (χ1v) is 14.6. The summed E-state index contributed by atoms with van der Waals surface area (Å²) in [5.74, 6) is -1.66. The largest absolute Gasteiger partial charge is 0.467 e. The normalized spacial score (nSPS) is 17.0.